The Bertz CT molecular complexity index is 1210. The van der Waals surface area contributed by atoms with Gasteiger partial charge in [-0.25, -0.2) is 0 Å². The Kier molecular flexibility index (Phi) is 12.7. The predicted molar refractivity (Wildman–Crippen MR) is 155 cm³/mol. The summed E-state index contributed by atoms with van der Waals surface area (Å²) in [6.45, 7) is 2.25. The number of phenolic OH excluding ortho intramolecular Hbond substituents is 1. The molecular weight excluding hydrogens is 476 g/mol. The van der Waals surface area contributed by atoms with Gasteiger partial charge in [0.15, 0.2) is 5.43 Å². The molecule has 0 saturated heterocycles. The lowest BCUT2D eigenvalue weighted by atomic mass is 10.1. The molecule has 0 radical (unpaired) electrons. The molecule has 5 nitrogen and oxygen atoms in total. The molecule has 1 aromatic heterocycles. The number of ether oxygens (including phenoxy) is 1. The van der Waals surface area contributed by atoms with Crippen LogP contribution in [0.15, 0.2) is 70.1 Å². The van der Waals surface area contributed by atoms with Gasteiger partial charge in [0.1, 0.15) is 23.3 Å². The average Bonchev–Trinajstić information content (AvgIpc) is 2.92. The molecule has 0 saturated carbocycles. The van der Waals surface area contributed by atoms with Gasteiger partial charge in [0.05, 0.1) is 10.9 Å². The van der Waals surface area contributed by atoms with Crippen LogP contribution < -0.4 is 10.2 Å². The SMILES string of the molecule is CCCCCCCC/C=C/CCCCCCCC(=O)Oc1ccc2c(=O)c(-c3ccc(O)cc3)coc2c1. The zero-order valence-electron chi connectivity index (χ0n) is 22.8. The molecule has 0 aliphatic heterocycles. The normalized spacial score (nSPS) is 11.4. The minimum absolute atomic E-state index is 0.132. The fourth-order valence-corrected chi connectivity index (χ4v) is 4.53. The van der Waals surface area contributed by atoms with Crippen molar-refractivity contribution >= 4 is 16.9 Å². The summed E-state index contributed by atoms with van der Waals surface area (Å²) < 4.78 is 11.1. The highest BCUT2D eigenvalue weighted by molar-refractivity contribution is 5.83. The topological polar surface area (TPSA) is 76.7 Å². The maximum atomic E-state index is 12.9. The van der Waals surface area contributed by atoms with Crippen molar-refractivity contribution in [3.8, 4) is 22.6 Å². The van der Waals surface area contributed by atoms with Crippen molar-refractivity contribution in [1.29, 1.82) is 0 Å². The summed E-state index contributed by atoms with van der Waals surface area (Å²) in [5.74, 6) is 0.230. The zero-order chi connectivity index (χ0) is 27.0. The molecule has 0 fully saturated rings. The first-order chi connectivity index (χ1) is 18.6. The van der Waals surface area contributed by atoms with E-state index in [1.807, 2.05) is 0 Å². The molecule has 3 rings (SSSR count). The molecule has 0 atom stereocenters. The molecule has 1 N–H and O–H groups in total. The number of allylic oxidation sites excluding steroid dienone is 2. The second-order valence-electron chi connectivity index (χ2n) is 9.99. The van der Waals surface area contributed by atoms with Crippen LogP contribution in [-0.2, 0) is 4.79 Å². The quantitative estimate of drug-likeness (QED) is 0.0834. The first-order valence-electron chi connectivity index (χ1n) is 14.3. The van der Waals surface area contributed by atoms with Crippen molar-refractivity contribution < 1.29 is 19.1 Å². The molecule has 5 heteroatoms. The third-order valence-electron chi connectivity index (χ3n) is 6.80. The van der Waals surface area contributed by atoms with Gasteiger partial charge in [0, 0.05) is 12.5 Å². The van der Waals surface area contributed by atoms with Crippen LogP contribution in [0.25, 0.3) is 22.1 Å². The zero-order valence-corrected chi connectivity index (χ0v) is 22.8. The third kappa shape index (κ3) is 9.85. The summed E-state index contributed by atoms with van der Waals surface area (Å²) in [5.41, 5.74) is 1.26. The van der Waals surface area contributed by atoms with Gasteiger partial charge < -0.3 is 14.3 Å². The minimum Gasteiger partial charge on any atom is -0.508 e. The Hall–Kier alpha value is -3.34. The van der Waals surface area contributed by atoms with Crippen LogP contribution in [-0.4, -0.2) is 11.1 Å². The van der Waals surface area contributed by atoms with Crippen molar-refractivity contribution in [3.05, 3.63) is 71.1 Å². The van der Waals surface area contributed by atoms with Crippen molar-refractivity contribution in [1.82, 2.24) is 0 Å². The number of esters is 1. The van der Waals surface area contributed by atoms with Gasteiger partial charge in [0.25, 0.3) is 0 Å². The maximum Gasteiger partial charge on any atom is 0.311 e. The average molecular weight is 519 g/mol. The molecule has 204 valence electrons. The molecular formula is C33H42O5. The van der Waals surface area contributed by atoms with E-state index < -0.39 is 0 Å². The maximum absolute atomic E-state index is 12.9. The van der Waals surface area contributed by atoms with E-state index in [-0.39, 0.29) is 17.1 Å². The van der Waals surface area contributed by atoms with Crippen LogP contribution in [0.1, 0.15) is 96.8 Å². The first-order valence-corrected chi connectivity index (χ1v) is 14.3. The molecule has 0 aliphatic rings. The van der Waals surface area contributed by atoms with Gasteiger partial charge in [-0.1, -0.05) is 82.6 Å². The monoisotopic (exact) mass is 518 g/mol. The van der Waals surface area contributed by atoms with Gasteiger partial charge >= 0.3 is 5.97 Å². The summed E-state index contributed by atoms with van der Waals surface area (Å²) in [5, 5.41) is 9.88. The van der Waals surface area contributed by atoms with Crippen LogP contribution in [0.2, 0.25) is 0 Å². The largest absolute Gasteiger partial charge is 0.508 e. The number of phenols is 1. The third-order valence-corrected chi connectivity index (χ3v) is 6.80. The smallest absolute Gasteiger partial charge is 0.311 e. The van der Waals surface area contributed by atoms with E-state index in [2.05, 4.69) is 19.1 Å². The van der Waals surface area contributed by atoms with E-state index in [0.717, 1.165) is 25.7 Å². The van der Waals surface area contributed by atoms with Crippen LogP contribution in [0.4, 0.5) is 0 Å². The van der Waals surface area contributed by atoms with Gasteiger partial charge in [-0.05, 0) is 61.9 Å². The Morgan fingerprint density at radius 2 is 1.47 bits per heavy atom. The standard InChI is InChI=1S/C33H42O5/c1-2-3-4-5-6-7-8-9-10-11-12-13-14-15-16-17-32(35)38-28-22-23-29-31(24-28)37-25-30(33(29)36)26-18-20-27(34)21-19-26/h9-10,18-25,34H,2-8,11-17H2,1H3/b10-9+. The van der Waals surface area contributed by atoms with E-state index in [0.29, 0.717) is 34.3 Å². The molecule has 1 heterocycles. The van der Waals surface area contributed by atoms with Gasteiger partial charge in [-0.15, -0.1) is 0 Å². The van der Waals surface area contributed by atoms with Crippen LogP contribution in [0.3, 0.4) is 0 Å². The molecule has 38 heavy (non-hydrogen) atoms. The summed E-state index contributed by atoms with van der Waals surface area (Å²) in [6.07, 6.45) is 22.2. The Labute approximate surface area is 226 Å². The second-order valence-corrected chi connectivity index (χ2v) is 9.99. The molecule has 2 aromatic carbocycles. The van der Waals surface area contributed by atoms with Crippen molar-refractivity contribution in [2.24, 2.45) is 0 Å². The van der Waals surface area contributed by atoms with Gasteiger partial charge in [-0.2, -0.15) is 0 Å². The number of fused-ring (bicyclic) bond motifs is 1. The highest BCUT2D eigenvalue weighted by atomic mass is 16.5. The van der Waals surface area contributed by atoms with Crippen LogP contribution >= 0.6 is 0 Å². The van der Waals surface area contributed by atoms with Crippen molar-refractivity contribution in [2.75, 3.05) is 0 Å². The lowest BCUT2D eigenvalue weighted by molar-refractivity contribution is -0.134. The van der Waals surface area contributed by atoms with Crippen LogP contribution in [0.5, 0.6) is 11.5 Å². The fraction of sp³-hybridized carbons (Fsp3) is 0.455. The number of benzene rings is 2. The minimum atomic E-state index is -0.273. The van der Waals surface area contributed by atoms with E-state index in [9.17, 15) is 14.7 Å². The van der Waals surface area contributed by atoms with Crippen molar-refractivity contribution in [2.45, 2.75) is 96.8 Å². The first kappa shape index (κ1) is 29.2. The molecule has 0 unspecified atom stereocenters. The highest BCUT2D eigenvalue weighted by Gasteiger charge is 2.12. The number of unbranched alkanes of at least 4 members (excludes halogenated alkanes) is 11. The molecule has 3 aromatic rings. The number of carbonyl (C=O) groups excluding carboxylic acids is 1. The summed E-state index contributed by atoms with van der Waals surface area (Å²) in [4.78, 5) is 25.2. The second kappa shape index (κ2) is 16.5. The lowest BCUT2D eigenvalue weighted by Gasteiger charge is -2.07. The molecule has 0 bridgehead atoms. The van der Waals surface area contributed by atoms with E-state index in [1.54, 1.807) is 30.3 Å². The fourth-order valence-electron chi connectivity index (χ4n) is 4.53. The van der Waals surface area contributed by atoms with Crippen LogP contribution in [0, 0.1) is 0 Å². The van der Waals surface area contributed by atoms with E-state index >= 15 is 0 Å². The van der Waals surface area contributed by atoms with Gasteiger partial charge in [0.2, 0.25) is 0 Å². The Morgan fingerprint density at radius 3 is 2.16 bits per heavy atom. The van der Waals surface area contributed by atoms with E-state index in [1.165, 1.54) is 76.2 Å². The number of hydrogen-bond acceptors (Lipinski definition) is 5. The predicted octanol–water partition coefficient (Wildman–Crippen LogP) is 9.11. The molecule has 0 amide bonds. The summed E-state index contributed by atoms with van der Waals surface area (Å²) >= 11 is 0. The number of hydrogen-bond donors (Lipinski definition) is 1. The number of aromatic hydroxyl groups is 1. The summed E-state index contributed by atoms with van der Waals surface area (Å²) in [7, 11) is 0. The lowest BCUT2D eigenvalue weighted by Crippen LogP contribution is -2.08. The van der Waals surface area contributed by atoms with Gasteiger partial charge in [-0.3, -0.25) is 9.59 Å². The molecule has 0 aliphatic carbocycles. The van der Waals surface area contributed by atoms with E-state index in [4.69, 9.17) is 9.15 Å². The Balaban J connectivity index is 1.31. The Morgan fingerprint density at radius 1 is 0.842 bits per heavy atom. The molecule has 0 spiro atoms. The summed E-state index contributed by atoms with van der Waals surface area (Å²) in [6, 6.07) is 11.2. The van der Waals surface area contributed by atoms with Crippen molar-refractivity contribution in [3.63, 3.8) is 0 Å². The number of carbonyl (C=O) groups is 1. The number of rotatable bonds is 17. The highest BCUT2D eigenvalue weighted by Crippen LogP contribution is 2.24.